The maximum atomic E-state index is 9.62. The smallest absolute Gasteiger partial charge is 0.0490 e. The summed E-state index contributed by atoms with van der Waals surface area (Å²) in [6.45, 7) is 0.00383. The van der Waals surface area contributed by atoms with E-state index in [1.807, 2.05) is 0 Å². The Kier molecular flexibility index (Phi) is 2.56. The molecule has 0 radical (unpaired) electrons. The van der Waals surface area contributed by atoms with Crippen LogP contribution >= 0.6 is 0 Å². The van der Waals surface area contributed by atoms with Gasteiger partial charge in [-0.2, -0.15) is 0 Å². The first-order chi connectivity index (χ1) is 9.85. The molecule has 2 heteroatoms. The van der Waals surface area contributed by atoms with Crippen molar-refractivity contribution in [1.82, 2.24) is 0 Å². The molecule has 0 aromatic heterocycles. The van der Waals surface area contributed by atoms with Crippen LogP contribution in [0.25, 0.3) is 21.5 Å². The minimum absolute atomic E-state index is 0.00192. The summed E-state index contributed by atoms with van der Waals surface area (Å²) in [5, 5.41) is 24.3. The molecule has 0 saturated carbocycles. The first-order valence-corrected chi connectivity index (χ1v) is 7.01. The standard InChI is InChI=1S/C18H16O2/c19-9-13(10-20)16-14-5-1-3-11-7-8-12-4-2-6-15(16)18(12)17(11)14/h1-8,13,16,19-20H,9-10H2. The molecule has 0 bridgehead atoms. The fourth-order valence-electron chi connectivity index (χ4n) is 3.67. The van der Waals surface area contributed by atoms with Crippen molar-refractivity contribution in [2.75, 3.05) is 13.2 Å². The normalized spacial score (nSPS) is 14.2. The molecule has 0 aliphatic heterocycles. The van der Waals surface area contributed by atoms with Gasteiger partial charge in [-0.15, -0.1) is 0 Å². The van der Waals surface area contributed by atoms with Gasteiger partial charge in [0, 0.05) is 25.0 Å². The first kappa shape index (κ1) is 11.9. The molecular formula is C18H16O2. The van der Waals surface area contributed by atoms with Crippen molar-refractivity contribution in [2.45, 2.75) is 5.92 Å². The molecule has 0 amide bonds. The van der Waals surface area contributed by atoms with Crippen LogP contribution in [-0.4, -0.2) is 23.4 Å². The van der Waals surface area contributed by atoms with E-state index in [-0.39, 0.29) is 25.0 Å². The minimum Gasteiger partial charge on any atom is -0.396 e. The maximum Gasteiger partial charge on any atom is 0.0490 e. The zero-order chi connectivity index (χ0) is 13.7. The van der Waals surface area contributed by atoms with Gasteiger partial charge in [0.2, 0.25) is 0 Å². The SMILES string of the molecule is OCC(CO)C1c2cccc3ccc4cccc1c4c23. The lowest BCUT2D eigenvalue weighted by molar-refractivity contribution is 0.140. The molecule has 1 aliphatic rings. The van der Waals surface area contributed by atoms with Crippen LogP contribution in [0.5, 0.6) is 0 Å². The van der Waals surface area contributed by atoms with Gasteiger partial charge in [-0.25, -0.2) is 0 Å². The number of aliphatic hydroxyl groups excluding tert-OH is 2. The van der Waals surface area contributed by atoms with E-state index in [0.29, 0.717) is 0 Å². The van der Waals surface area contributed by atoms with E-state index in [1.165, 1.54) is 32.7 Å². The van der Waals surface area contributed by atoms with Crippen molar-refractivity contribution in [1.29, 1.82) is 0 Å². The molecule has 0 saturated heterocycles. The molecule has 1 aliphatic carbocycles. The van der Waals surface area contributed by atoms with Crippen molar-refractivity contribution in [3.63, 3.8) is 0 Å². The summed E-state index contributed by atoms with van der Waals surface area (Å²) in [6.07, 6.45) is 0. The van der Waals surface area contributed by atoms with Gasteiger partial charge in [0.1, 0.15) is 0 Å². The summed E-state index contributed by atoms with van der Waals surface area (Å²) in [5.41, 5.74) is 2.48. The highest BCUT2D eigenvalue weighted by atomic mass is 16.3. The van der Waals surface area contributed by atoms with Gasteiger partial charge < -0.3 is 10.2 Å². The van der Waals surface area contributed by atoms with E-state index < -0.39 is 0 Å². The highest BCUT2D eigenvalue weighted by Crippen LogP contribution is 2.47. The summed E-state index contributed by atoms with van der Waals surface area (Å²) in [6, 6.07) is 17.0. The number of benzene rings is 3. The first-order valence-electron chi connectivity index (χ1n) is 7.01. The second-order valence-electron chi connectivity index (χ2n) is 5.56. The number of aliphatic hydroxyl groups is 2. The Bertz CT molecular complexity index is 740. The van der Waals surface area contributed by atoms with Crippen LogP contribution in [0.3, 0.4) is 0 Å². The van der Waals surface area contributed by atoms with Crippen molar-refractivity contribution in [2.24, 2.45) is 5.92 Å². The third-order valence-electron chi connectivity index (χ3n) is 4.56. The van der Waals surface area contributed by atoms with Gasteiger partial charge in [0.25, 0.3) is 0 Å². The van der Waals surface area contributed by atoms with Crippen LogP contribution in [-0.2, 0) is 0 Å². The van der Waals surface area contributed by atoms with Crippen molar-refractivity contribution >= 4 is 21.5 Å². The molecule has 4 rings (SSSR count). The molecule has 2 nitrogen and oxygen atoms in total. The van der Waals surface area contributed by atoms with Crippen LogP contribution in [0, 0.1) is 5.92 Å². The minimum atomic E-state index is -0.140. The Morgan fingerprint density at radius 3 is 1.70 bits per heavy atom. The summed E-state index contributed by atoms with van der Waals surface area (Å²) in [5.74, 6) is -0.0478. The molecule has 100 valence electrons. The summed E-state index contributed by atoms with van der Waals surface area (Å²) < 4.78 is 0. The van der Waals surface area contributed by atoms with Crippen LogP contribution in [0.2, 0.25) is 0 Å². The lowest BCUT2D eigenvalue weighted by atomic mass is 9.84. The van der Waals surface area contributed by atoms with E-state index >= 15 is 0 Å². The summed E-state index contributed by atoms with van der Waals surface area (Å²) in [7, 11) is 0. The van der Waals surface area contributed by atoms with Crippen molar-refractivity contribution in [3.05, 3.63) is 59.7 Å². The Morgan fingerprint density at radius 1 is 0.750 bits per heavy atom. The molecule has 0 atom stereocenters. The Morgan fingerprint density at radius 2 is 1.25 bits per heavy atom. The van der Waals surface area contributed by atoms with Crippen LogP contribution < -0.4 is 0 Å². The van der Waals surface area contributed by atoms with Crippen LogP contribution in [0.15, 0.2) is 48.5 Å². The average Bonchev–Trinajstić information content (AvgIpc) is 2.84. The molecule has 0 spiro atoms. The van der Waals surface area contributed by atoms with E-state index in [1.54, 1.807) is 0 Å². The fraction of sp³-hybridized carbons (Fsp3) is 0.222. The maximum absolute atomic E-state index is 9.62. The molecular weight excluding hydrogens is 248 g/mol. The van der Waals surface area contributed by atoms with Crippen LogP contribution in [0.4, 0.5) is 0 Å². The summed E-state index contributed by atoms with van der Waals surface area (Å²) >= 11 is 0. The van der Waals surface area contributed by atoms with Gasteiger partial charge in [0.05, 0.1) is 0 Å². The zero-order valence-electron chi connectivity index (χ0n) is 11.1. The fourth-order valence-corrected chi connectivity index (χ4v) is 3.67. The third kappa shape index (κ3) is 1.41. The van der Waals surface area contributed by atoms with E-state index in [2.05, 4.69) is 48.5 Å². The quantitative estimate of drug-likeness (QED) is 0.714. The molecule has 20 heavy (non-hydrogen) atoms. The molecule has 3 aromatic carbocycles. The lowest BCUT2D eigenvalue weighted by Gasteiger charge is -2.22. The van der Waals surface area contributed by atoms with Crippen molar-refractivity contribution < 1.29 is 10.2 Å². The van der Waals surface area contributed by atoms with Gasteiger partial charge in [-0.3, -0.25) is 0 Å². The number of hydrogen-bond acceptors (Lipinski definition) is 2. The molecule has 0 unspecified atom stereocenters. The predicted molar refractivity (Wildman–Crippen MR) is 81.0 cm³/mol. The molecule has 3 aromatic rings. The molecule has 2 N–H and O–H groups in total. The number of rotatable bonds is 3. The highest BCUT2D eigenvalue weighted by Gasteiger charge is 2.32. The van der Waals surface area contributed by atoms with E-state index in [4.69, 9.17) is 0 Å². The highest BCUT2D eigenvalue weighted by molar-refractivity contribution is 6.14. The third-order valence-corrected chi connectivity index (χ3v) is 4.56. The topological polar surface area (TPSA) is 40.5 Å². The summed E-state index contributed by atoms with van der Waals surface area (Å²) in [4.78, 5) is 0. The van der Waals surface area contributed by atoms with Crippen LogP contribution in [0.1, 0.15) is 17.0 Å². The Labute approximate surface area is 117 Å². The Balaban J connectivity index is 2.13. The van der Waals surface area contributed by atoms with Gasteiger partial charge in [0.15, 0.2) is 0 Å². The second-order valence-corrected chi connectivity index (χ2v) is 5.56. The largest absolute Gasteiger partial charge is 0.396 e. The zero-order valence-corrected chi connectivity index (χ0v) is 11.1. The van der Waals surface area contributed by atoms with E-state index in [9.17, 15) is 10.2 Å². The number of hydrogen-bond donors (Lipinski definition) is 2. The second kappa shape index (κ2) is 4.30. The van der Waals surface area contributed by atoms with Gasteiger partial charge >= 0.3 is 0 Å². The molecule has 0 heterocycles. The average molecular weight is 264 g/mol. The van der Waals surface area contributed by atoms with Gasteiger partial charge in [-0.1, -0.05) is 48.5 Å². The van der Waals surface area contributed by atoms with E-state index in [0.717, 1.165) is 0 Å². The predicted octanol–water partition coefficient (Wildman–Crippen LogP) is 3.04. The van der Waals surface area contributed by atoms with Crippen molar-refractivity contribution in [3.8, 4) is 0 Å². The Hall–Kier alpha value is -1.90. The lowest BCUT2D eigenvalue weighted by Crippen LogP contribution is -2.20. The molecule has 0 fully saturated rings. The van der Waals surface area contributed by atoms with Gasteiger partial charge in [-0.05, 0) is 32.7 Å². The monoisotopic (exact) mass is 264 g/mol.